The van der Waals surface area contributed by atoms with Crippen LogP contribution in [0.2, 0.25) is 0 Å². The quantitative estimate of drug-likeness (QED) is 0.710. The van der Waals surface area contributed by atoms with Gasteiger partial charge >= 0.3 is 0 Å². The fourth-order valence-electron chi connectivity index (χ4n) is 1.62. The lowest BCUT2D eigenvalue weighted by molar-refractivity contribution is 0.0888. The Morgan fingerprint density at radius 3 is 2.54 bits per heavy atom. The monoisotopic (exact) mass is 178 g/mol. The molecule has 2 rings (SSSR count). The molecule has 1 heterocycles. The van der Waals surface area contributed by atoms with Crippen molar-refractivity contribution in [2.45, 2.75) is 25.6 Å². The van der Waals surface area contributed by atoms with Crippen LogP contribution in [0.3, 0.4) is 0 Å². The van der Waals surface area contributed by atoms with E-state index in [1.165, 1.54) is 11.1 Å². The minimum atomic E-state index is -0.286. The molecule has 13 heavy (non-hydrogen) atoms. The summed E-state index contributed by atoms with van der Waals surface area (Å²) < 4.78 is 5.44. The zero-order valence-electron chi connectivity index (χ0n) is 7.73. The van der Waals surface area contributed by atoms with Crippen LogP contribution >= 0.6 is 0 Å². The van der Waals surface area contributed by atoms with Crippen molar-refractivity contribution in [1.29, 1.82) is 0 Å². The third-order valence-corrected chi connectivity index (χ3v) is 2.43. The molecule has 0 bridgehead atoms. The smallest absolute Gasteiger partial charge is 0.0851 e. The van der Waals surface area contributed by atoms with Crippen LogP contribution in [0, 0.1) is 6.92 Å². The molecule has 2 nitrogen and oxygen atoms in total. The van der Waals surface area contributed by atoms with Crippen LogP contribution in [0.15, 0.2) is 24.3 Å². The Labute approximate surface area is 78.2 Å². The number of aliphatic hydroxyl groups excluding tert-OH is 1. The molecule has 2 unspecified atom stereocenters. The predicted molar refractivity (Wildman–Crippen MR) is 50.5 cm³/mol. The summed E-state index contributed by atoms with van der Waals surface area (Å²) in [6.07, 6.45) is 0.533. The highest BCUT2D eigenvalue weighted by Crippen LogP contribution is 2.28. The van der Waals surface area contributed by atoms with Gasteiger partial charge in [-0.3, -0.25) is 0 Å². The summed E-state index contributed by atoms with van der Waals surface area (Å²) in [6, 6.07) is 8.28. The van der Waals surface area contributed by atoms with E-state index < -0.39 is 0 Å². The Hall–Kier alpha value is -0.860. The van der Waals surface area contributed by atoms with Gasteiger partial charge in [0.05, 0.1) is 18.8 Å². The minimum absolute atomic E-state index is 0.0931. The number of hydrogen-bond acceptors (Lipinski definition) is 2. The number of rotatable bonds is 1. The van der Waals surface area contributed by atoms with Gasteiger partial charge in [-0.1, -0.05) is 29.8 Å². The molecule has 0 aromatic heterocycles. The average Bonchev–Trinajstić information content (AvgIpc) is 2.53. The fraction of sp³-hybridized carbons (Fsp3) is 0.455. The lowest BCUT2D eigenvalue weighted by Gasteiger charge is -2.08. The molecule has 1 N–H and O–H groups in total. The maximum atomic E-state index is 9.29. The van der Waals surface area contributed by atoms with Crippen LogP contribution in [-0.4, -0.2) is 17.8 Å². The van der Waals surface area contributed by atoms with Gasteiger partial charge in [0.25, 0.3) is 0 Å². The SMILES string of the molecule is Cc1ccc(C2CC(O)CO2)cc1. The van der Waals surface area contributed by atoms with E-state index in [1.807, 2.05) is 0 Å². The van der Waals surface area contributed by atoms with Crippen molar-refractivity contribution >= 4 is 0 Å². The van der Waals surface area contributed by atoms with Gasteiger partial charge in [0.2, 0.25) is 0 Å². The molecule has 0 saturated carbocycles. The van der Waals surface area contributed by atoms with E-state index in [9.17, 15) is 5.11 Å². The molecule has 1 fully saturated rings. The largest absolute Gasteiger partial charge is 0.391 e. The first kappa shape index (κ1) is 8.73. The molecule has 0 spiro atoms. The maximum absolute atomic E-state index is 9.29. The minimum Gasteiger partial charge on any atom is -0.391 e. The number of aliphatic hydroxyl groups is 1. The highest BCUT2D eigenvalue weighted by molar-refractivity contribution is 5.23. The summed E-state index contributed by atoms with van der Waals surface area (Å²) in [5.41, 5.74) is 2.42. The van der Waals surface area contributed by atoms with Crippen LogP contribution in [-0.2, 0) is 4.74 Å². The number of aryl methyl sites for hydroxylation is 1. The number of hydrogen-bond donors (Lipinski definition) is 1. The van der Waals surface area contributed by atoms with Crippen molar-refractivity contribution in [2.24, 2.45) is 0 Å². The van der Waals surface area contributed by atoms with E-state index in [0.29, 0.717) is 6.61 Å². The molecule has 2 heteroatoms. The van der Waals surface area contributed by atoms with Gasteiger partial charge in [0.1, 0.15) is 0 Å². The van der Waals surface area contributed by atoms with E-state index in [2.05, 4.69) is 31.2 Å². The Morgan fingerprint density at radius 1 is 1.31 bits per heavy atom. The summed E-state index contributed by atoms with van der Waals surface area (Å²) in [7, 11) is 0. The van der Waals surface area contributed by atoms with Crippen molar-refractivity contribution in [3.63, 3.8) is 0 Å². The molecule has 0 amide bonds. The Morgan fingerprint density at radius 2 is 2.00 bits per heavy atom. The normalized spacial score (nSPS) is 27.8. The van der Waals surface area contributed by atoms with Crippen LogP contribution in [0.1, 0.15) is 23.7 Å². The molecule has 1 aromatic rings. The van der Waals surface area contributed by atoms with Crippen LogP contribution in [0.5, 0.6) is 0 Å². The molecule has 2 atom stereocenters. The topological polar surface area (TPSA) is 29.5 Å². The van der Waals surface area contributed by atoms with Gasteiger partial charge in [0, 0.05) is 6.42 Å². The highest BCUT2D eigenvalue weighted by atomic mass is 16.5. The van der Waals surface area contributed by atoms with Crippen molar-refractivity contribution in [1.82, 2.24) is 0 Å². The Kier molecular flexibility index (Phi) is 2.34. The van der Waals surface area contributed by atoms with E-state index in [-0.39, 0.29) is 12.2 Å². The van der Waals surface area contributed by atoms with Gasteiger partial charge < -0.3 is 9.84 Å². The van der Waals surface area contributed by atoms with Crippen LogP contribution < -0.4 is 0 Å². The molecule has 1 aliphatic heterocycles. The lowest BCUT2D eigenvalue weighted by Crippen LogP contribution is -2.02. The standard InChI is InChI=1S/C11H14O2/c1-8-2-4-9(5-3-8)11-6-10(12)7-13-11/h2-5,10-12H,6-7H2,1H3. The summed E-state index contributed by atoms with van der Waals surface area (Å²) in [6.45, 7) is 2.53. The van der Waals surface area contributed by atoms with Gasteiger partial charge in [-0.25, -0.2) is 0 Å². The van der Waals surface area contributed by atoms with Crippen molar-refractivity contribution in [2.75, 3.05) is 6.61 Å². The second-order valence-corrected chi connectivity index (χ2v) is 3.62. The molecular weight excluding hydrogens is 164 g/mol. The first-order valence-electron chi connectivity index (χ1n) is 4.62. The molecule has 1 aliphatic rings. The predicted octanol–water partition coefficient (Wildman–Crippen LogP) is 1.82. The van der Waals surface area contributed by atoms with Gasteiger partial charge in [-0.05, 0) is 12.5 Å². The highest BCUT2D eigenvalue weighted by Gasteiger charge is 2.24. The molecule has 1 aromatic carbocycles. The van der Waals surface area contributed by atoms with Crippen molar-refractivity contribution in [3.8, 4) is 0 Å². The lowest BCUT2D eigenvalue weighted by atomic mass is 10.0. The molecule has 0 radical (unpaired) electrons. The van der Waals surface area contributed by atoms with E-state index in [0.717, 1.165) is 6.42 Å². The zero-order chi connectivity index (χ0) is 9.26. The van der Waals surface area contributed by atoms with Crippen molar-refractivity contribution in [3.05, 3.63) is 35.4 Å². The van der Waals surface area contributed by atoms with Crippen LogP contribution in [0.4, 0.5) is 0 Å². The van der Waals surface area contributed by atoms with E-state index in [1.54, 1.807) is 0 Å². The van der Waals surface area contributed by atoms with Crippen LogP contribution in [0.25, 0.3) is 0 Å². The molecular formula is C11H14O2. The Bertz CT molecular complexity index is 279. The first-order chi connectivity index (χ1) is 6.25. The van der Waals surface area contributed by atoms with Crippen molar-refractivity contribution < 1.29 is 9.84 Å². The van der Waals surface area contributed by atoms with Gasteiger partial charge in [-0.15, -0.1) is 0 Å². The van der Waals surface area contributed by atoms with Gasteiger partial charge in [-0.2, -0.15) is 0 Å². The number of ether oxygens (including phenoxy) is 1. The molecule has 1 saturated heterocycles. The third kappa shape index (κ3) is 1.90. The zero-order valence-corrected chi connectivity index (χ0v) is 7.73. The third-order valence-electron chi connectivity index (χ3n) is 2.43. The average molecular weight is 178 g/mol. The summed E-state index contributed by atoms with van der Waals surface area (Å²) in [5, 5.41) is 9.29. The fourth-order valence-corrected chi connectivity index (χ4v) is 1.62. The first-order valence-corrected chi connectivity index (χ1v) is 4.62. The van der Waals surface area contributed by atoms with E-state index in [4.69, 9.17) is 4.74 Å². The summed E-state index contributed by atoms with van der Waals surface area (Å²) in [5.74, 6) is 0. The molecule has 70 valence electrons. The Balaban J connectivity index is 2.13. The number of benzene rings is 1. The van der Waals surface area contributed by atoms with E-state index >= 15 is 0 Å². The summed E-state index contributed by atoms with van der Waals surface area (Å²) >= 11 is 0. The summed E-state index contributed by atoms with van der Waals surface area (Å²) in [4.78, 5) is 0. The second kappa shape index (κ2) is 3.48. The van der Waals surface area contributed by atoms with Gasteiger partial charge in [0.15, 0.2) is 0 Å². The molecule has 0 aliphatic carbocycles. The second-order valence-electron chi connectivity index (χ2n) is 3.62. The maximum Gasteiger partial charge on any atom is 0.0851 e.